The number of H-pyrrole nitrogens is 1. The topological polar surface area (TPSA) is 36.1 Å². The Labute approximate surface area is 113 Å². The minimum atomic E-state index is 0.184. The molecule has 0 atom stereocenters. The molecule has 0 unspecified atom stereocenters. The summed E-state index contributed by atoms with van der Waals surface area (Å²) in [7, 11) is 0. The van der Waals surface area contributed by atoms with E-state index in [2.05, 4.69) is 16.8 Å². The zero-order chi connectivity index (χ0) is 13.2. The van der Waals surface area contributed by atoms with Crippen LogP contribution in [-0.2, 0) is 0 Å². The van der Waals surface area contributed by atoms with Crippen molar-refractivity contribution in [3.63, 3.8) is 0 Å². The maximum Gasteiger partial charge on any atom is 0.256 e. The molecule has 1 aromatic carbocycles. The van der Waals surface area contributed by atoms with E-state index in [-0.39, 0.29) is 5.91 Å². The summed E-state index contributed by atoms with van der Waals surface area (Å²) in [4.78, 5) is 18.0. The van der Waals surface area contributed by atoms with Crippen LogP contribution in [0.2, 0.25) is 0 Å². The summed E-state index contributed by atoms with van der Waals surface area (Å²) < 4.78 is 0. The Morgan fingerprint density at radius 3 is 2.95 bits per heavy atom. The molecule has 1 saturated carbocycles. The van der Waals surface area contributed by atoms with Gasteiger partial charge in [0.15, 0.2) is 0 Å². The monoisotopic (exact) mass is 256 g/mol. The number of fused-ring (bicyclic) bond motifs is 1. The molecule has 0 aliphatic heterocycles. The fraction of sp³-hybridized carbons (Fsp3) is 0.438. The van der Waals surface area contributed by atoms with Crippen LogP contribution in [0.1, 0.15) is 43.0 Å². The third-order valence-electron chi connectivity index (χ3n) is 3.82. The lowest BCUT2D eigenvalue weighted by Gasteiger charge is -2.22. The first-order chi connectivity index (χ1) is 9.31. The van der Waals surface area contributed by atoms with Crippen molar-refractivity contribution in [3.05, 3.63) is 36.0 Å². The van der Waals surface area contributed by atoms with E-state index in [0.717, 1.165) is 48.7 Å². The van der Waals surface area contributed by atoms with E-state index in [9.17, 15) is 4.79 Å². The highest BCUT2D eigenvalue weighted by Crippen LogP contribution is 2.30. The van der Waals surface area contributed by atoms with Gasteiger partial charge in [-0.05, 0) is 31.4 Å². The van der Waals surface area contributed by atoms with Gasteiger partial charge in [0, 0.05) is 24.2 Å². The minimum absolute atomic E-state index is 0.184. The Bertz CT molecular complexity index is 583. The summed E-state index contributed by atoms with van der Waals surface area (Å²) in [5.41, 5.74) is 1.78. The molecule has 3 nitrogen and oxygen atoms in total. The van der Waals surface area contributed by atoms with Gasteiger partial charge in [0.2, 0.25) is 0 Å². The lowest BCUT2D eigenvalue weighted by atomic mass is 10.1. The molecule has 1 N–H and O–H groups in total. The summed E-state index contributed by atoms with van der Waals surface area (Å²) in [6, 6.07) is 8.43. The molecule has 0 bridgehead atoms. The smallest absolute Gasteiger partial charge is 0.256 e. The van der Waals surface area contributed by atoms with Gasteiger partial charge < -0.3 is 9.88 Å². The van der Waals surface area contributed by atoms with Crippen LogP contribution in [0.5, 0.6) is 0 Å². The third-order valence-corrected chi connectivity index (χ3v) is 3.82. The summed E-state index contributed by atoms with van der Waals surface area (Å²) in [5, 5.41) is 1.11. The number of amides is 1. The Hall–Kier alpha value is -1.77. The van der Waals surface area contributed by atoms with Crippen LogP contribution in [-0.4, -0.2) is 28.4 Å². The zero-order valence-electron chi connectivity index (χ0n) is 11.4. The minimum Gasteiger partial charge on any atom is -0.361 e. The van der Waals surface area contributed by atoms with Crippen molar-refractivity contribution < 1.29 is 4.79 Å². The molecule has 1 aliphatic rings. The number of carbonyl (C=O) groups is 1. The van der Waals surface area contributed by atoms with Crippen LogP contribution in [0.4, 0.5) is 0 Å². The maximum absolute atomic E-state index is 12.8. The molecule has 100 valence electrons. The first-order valence-corrected chi connectivity index (χ1v) is 7.18. The normalized spacial score (nSPS) is 14.8. The van der Waals surface area contributed by atoms with E-state index in [4.69, 9.17) is 0 Å². The molecular weight excluding hydrogens is 236 g/mol. The van der Waals surface area contributed by atoms with Crippen LogP contribution < -0.4 is 0 Å². The van der Waals surface area contributed by atoms with Crippen molar-refractivity contribution in [3.8, 4) is 0 Å². The van der Waals surface area contributed by atoms with Crippen molar-refractivity contribution >= 4 is 16.8 Å². The molecule has 19 heavy (non-hydrogen) atoms. The number of unbranched alkanes of at least 4 members (excludes halogenated alkanes) is 1. The molecule has 2 aromatic rings. The summed E-state index contributed by atoms with van der Waals surface area (Å²) in [6.07, 6.45) is 6.44. The van der Waals surface area contributed by atoms with Crippen molar-refractivity contribution in [1.29, 1.82) is 0 Å². The van der Waals surface area contributed by atoms with Gasteiger partial charge in [-0.15, -0.1) is 0 Å². The van der Waals surface area contributed by atoms with Crippen LogP contribution in [0.3, 0.4) is 0 Å². The predicted molar refractivity (Wildman–Crippen MR) is 77.3 cm³/mol. The van der Waals surface area contributed by atoms with Crippen molar-refractivity contribution in [2.45, 2.75) is 38.6 Å². The highest BCUT2D eigenvalue weighted by Gasteiger charge is 2.33. The number of nitrogens with zero attached hydrogens (tertiary/aromatic N) is 1. The second kappa shape index (κ2) is 5.08. The average Bonchev–Trinajstić information content (AvgIpc) is 3.15. The molecule has 1 aromatic heterocycles. The lowest BCUT2D eigenvalue weighted by Crippen LogP contribution is -2.34. The Kier molecular flexibility index (Phi) is 3.28. The zero-order valence-corrected chi connectivity index (χ0v) is 11.4. The average molecular weight is 256 g/mol. The number of carbonyl (C=O) groups excluding carboxylic acids is 1. The molecule has 0 spiro atoms. The van der Waals surface area contributed by atoms with Gasteiger partial charge in [0.1, 0.15) is 0 Å². The highest BCUT2D eigenvalue weighted by atomic mass is 16.2. The van der Waals surface area contributed by atoms with E-state index in [1.807, 2.05) is 30.5 Å². The quantitative estimate of drug-likeness (QED) is 0.872. The van der Waals surface area contributed by atoms with Gasteiger partial charge in [-0.1, -0.05) is 25.5 Å². The van der Waals surface area contributed by atoms with E-state index in [1.54, 1.807) is 0 Å². The number of hydrogen-bond donors (Lipinski definition) is 1. The van der Waals surface area contributed by atoms with Gasteiger partial charge in [-0.3, -0.25) is 4.79 Å². The Balaban J connectivity index is 1.90. The van der Waals surface area contributed by atoms with E-state index in [1.165, 1.54) is 0 Å². The van der Waals surface area contributed by atoms with Crippen molar-refractivity contribution in [1.82, 2.24) is 9.88 Å². The molecule has 1 aliphatic carbocycles. The van der Waals surface area contributed by atoms with Gasteiger partial charge in [0.25, 0.3) is 5.91 Å². The molecule has 0 radical (unpaired) electrons. The maximum atomic E-state index is 12.8. The van der Waals surface area contributed by atoms with E-state index < -0.39 is 0 Å². The van der Waals surface area contributed by atoms with E-state index >= 15 is 0 Å². The van der Waals surface area contributed by atoms with Crippen LogP contribution in [0, 0.1) is 0 Å². The van der Waals surface area contributed by atoms with Gasteiger partial charge in [-0.25, -0.2) is 0 Å². The standard InChI is InChI=1S/C16H20N2O/c1-2-3-11-18(13-7-8-13)16(19)14-6-4-5-12-9-10-17-15(12)14/h4-6,9-10,13,17H,2-3,7-8,11H2,1H3. The third kappa shape index (κ3) is 2.37. The molecule has 3 rings (SSSR count). The summed E-state index contributed by atoms with van der Waals surface area (Å²) in [5.74, 6) is 0.184. The van der Waals surface area contributed by atoms with Gasteiger partial charge in [-0.2, -0.15) is 0 Å². The van der Waals surface area contributed by atoms with Crippen LogP contribution >= 0.6 is 0 Å². The second-order valence-electron chi connectivity index (χ2n) is 5.33. The predicted octanol–water partition coefficient (Wildman–Crippen LogP) is 3.57. The van der Waals surface area contributed by atoms with Gasteiger partial charge >= 0.3 is 0 Å². The Morgan fingerprint density at radius 2 is 2.21 bits per heavy atom. The lowest BCUT2D eigenvalue weighted by molar-refractivity contribution is 0.0742. The van der Waals surface area contributed by atoms with Gasteiger partial charge in [0.05, 0.1) is 11.1 Å². The number of aromatic amines is 1. The first kappa shape index (κ1) is 12.3. The first-order valence-electron chi connectivity index (χ1n) is 7.18. The molecule has 1 amide bonds. The molecule has 3 heteroatoms. The number of nitrogens with one attached hydrogen (secondary N) is 1. The molecule has 0 saturated heterocycles. The van der Waals surface area contributed by atoms with Crippen LogP contribution in [0.25, 0.3) is 10.9 Å². The fourth-order valence-electron chi connectivity index (χ4n) is 2.58. The number of hydrogen-bond acceptors (Lipinski definition) is 1. The van der Waals surface area contributed by atoms with Crippen molar-refractivity contribution in [2.24, 2.45) is 0 Å². The number of benzene rings is 1. The summed E-state index contributed by atoms with van der Waals surface area (Å²) in [6.45, 7) is 3.05. The SMILES string of the molecule is CCCCN(C(=O)c1cccc2cc[nH]c12)C1CC1. The number of rotatable bonds is 5. The Morgan fingerprint density at radius 1 is 1.37 bits per heavy atom. The molecule has 1 heterocycles. The number of para-hydroxylation sites is 1. The molecule has 1 fully saturated rings. The highest BCUT2D eigenvalue weighted by molar-refractivity contribution is 6.05. The number of aromatic nitrogens is 1. The second-order valence-corrected chi connectivity index (χ2v) is 5.33. The van der Waals surface area contributed by atoms with Crippen molar-refractivity contribution in [2.75, 3.05) is 6.54 Å². The fourth-order valence-corrected chi connectivity index (χ4v) is 2.58. The largest absolute Gasteiger partial charge is 0.361 e. The summed E-state index contributed by atoms with van der Waals surface area (Å²) >= 11 is 0. The molecular formula is C16H20N2O. The van der Waals surface area contributed by atoms with E-state index in [0.29, 0.717) is 6.04 Å². The van der Waals surface area contributed by atoms with Crippen LogP contribution in [0.15, 0.2) is 30.5 Å².